The Morgan fingerprint density at radius 1 is 1.30 bits per heavy atom. The number of rotatable bonds is 3. The van der Waals surface area contributed by atoms with Gasteiger partial charge in [0.2, 0.25) is 0 Å². The Hall–Kier alpha value is -2.20. The number of hydrogen-bond donors (Lipinski definition) is 2. The third-order valence-corrected chi connectivity index (χ3v) is 3.30. The highest BCUT2D eigenvalue weighted by atomic mass is 35.5. The van der Waals surface area contributed by atoms with E-state index in [1.165, 1.54) is 0 Å². The van der Waals surface area contributed by atoms with E-state index in [9.17, 15) is 5.11 Å². The number of ether oxygens (including phenoxy) is 1. The van der Waals surface area contributed by atoms with Crippen LogP contribution in [0.15, 0.2) is 36.4 Å². The summed E-state index contributed by atoms with van der Waals surface area (Å²) < 4.78 is 5.38. The van der Waals surface area contributed by atoms with Crippen LogP contribution in [0.5, 0.6) is 11.5 Å². The topological polar surface area (TPSA) is 58.1 Å². The van der Waals surface area contributed by atoms with Gasteiger partial charge >= 0.3 is 0 Å². The average Bonchev–Trinajstić information content (AvgIpc) is 2.87. The number of nitrogens with zero attached hydrogens (tertiary/aromatic N) is 1. The molecule has 0 saturated carbocycles. The largest absolute Gasteiger partial charge is 0.504 e. The highest BCUT2D eigenvalue weighted by Gasteiger charge is 2.10. The van der Waals surface area contributed by atoms with Gasteiger partial charge in [0.25, 0.3) is 0 Å². The number of imidazole rings is 1. The maximum absolute atomic E-state index is 9.72. The zero-order chi connectivity index (χ0) is 14.1. The molecule has 0 fully saturated rings. The first-order chi connectivity index (χ1) is 9.69. The second-order valence-corrected chi connectivity index (χ2v) is 4.74. The standard InChI is InChI=1S/C15H13ClN2O2/c1-2-20-13-8-9(6-7-12(13)19)15-17-11-5-3-4-10(16)14(11)18-15/h3-8,19H,2H2,1H3,(H,17,18). The first kappa shape index (κ1) is 12.8. The van der Waals surface area contributed by atoms with Gasteiger partial charge in [0.05, 0.1) is 17.1 Å². The summed E-state index contributed by atoms with van der Waals surface area (Å²) in [5, 5.41) is 10.3. The van der Waals surface area contributed by atoms with Gasteiger partial charge < -0.3 is 14.8 Å². The van der Waals surface area contributed by atoms with Gasteiger partial charge in [-0.25, -0.2) is 4.98 Å². The third-order valence-electron chi connectivity index (χ3n) is 3.00. The summed E-state index contributed by atoms with van der Waals surface area (Å²) in [6.07, 6.45) is 0. The van der Waals surface area contributed by atoms with Gasteiger partial charge in [-0.05, 0) is 37.3 Å². The number of H-pyrrole nitrogens is 1. The van der Waals surface area contributed by atoms with Gasteiger partial charge in [-0.1, -0.05) is 17.7 Å². The molecule has 0 spiro atoms. The molecular weight excluding hydrogens is 276 g/mol. The van der Waals surface area contributed by atoms with Crippen LogP contribution in [-0.2, 0) is 0 Å². The minimum atomic E-state index is 0.116. The number of phenols is 1. The SMILES string of the molecule is CCOc1cc(-c2nc3c(Cl)cccc3[nH]2)ccc1O. The molecule has 0 aliphatic heterocycles. The molecule has 1 aromatic heterocycles. The van der Waals surface area contributed by atoms with E-state index in [1.54, 1.807) is 24.3 Å². The van der Waals surface area contributed by atoms with E-state index in [4.69, 9.17) is 16.3 Å². The predicted octanol–water partition coefficient (Wildman–Crippen LogP) is 3.99. The second-order valence-electron chi connectivity index (χ2n) is 4.34. The van der Waals surface area contributed by atoms with Gasteiger partial charge in [0, 0.05) is 5.56 Å². The van der Waals surface area contributed by atoms with E-state index in [-0.39, 0.29) is 5.75 Å². The second kappa shape index (κ2) is 5.06. The summed E-state index contributed by atoms with van der Waals surface area (Å²) in [6, 6.07) is 10.7. The van der Waals surface area contributed by atoms with Gasteiger partial charge in [-0.2, -0.15) is 0 Å². The monoisotopic (exact) mass is 288 g/mol. The van der Waals surface area contributed by atoms with Gasteiger partial charge in [0.15, 0.2) is 11.5 Å². The molecule has 0 unspecified atom stereocenters. The number of halogens is 1. The fourth-order valence-electron chi connectivity index (χ4n) is 2.07. The van der Waals surface area contributed by atoms with Crippen molar-refractivity contribution >= 4 is 22.6 Å². The molecule has 102 valence electrons. The van der Waals surface area contributed by atoms with Crippen LogP contribution >= 0.6 is 11.6 Å². The van der Waals surface area contributed by atoms with Crippen molar-refractivity contribution < 1.29 is 9.84 Å². The van der Waals surface area contributed by atoms with E-state index >= 15 is 0 Å². The van der Waals surface area contributed by atoms with Gasteiger partial charge in [-0.15, -0.1) is 0 Å². The number of para-hydroxylation sites is 1. The lowest BCUT2D eigenvalue weighted by molar-refractivity contribution is 0.318. The Labute approximate surface area is 121 Å². The maximum atomic E-state index is 9.72. The Bertz CT molecular complexity index is 768. The highest BCUT2D eigenvalue weighted by molar-refractivity contribution is 6.34. The van der Waals surface area contributed by atoms with Crippen molar-refractivity contribution in [2.75, 3.05) is 6.61 Å². The number of aromatic nitrogens is 2. The molecule has 5 heteroatoms. The fourth-order valence-corrected chi connectivity index (χ4v) is 2.28. The molecule has 3 aromatic rings. The number of nitrogens with one attached hydrogen (secondary N) is 1. The van der Waals surface area contributed by atoms with Crippen LogP contribution in [0, 0.1) is 0 Å². The van der Waals surface area contributed by atoms with Crippen molar-refractivity contribution in [1.82, 2.24) is 9.97 Å². The summed E-state index contributed by atoms with van der Waals surface area (Å²) in [5.74, 6) is 1.25. The molecule has 20 heavy (non-hydrogen) atoms. The van der Waals surface area contributed by atoms with Crippen LogP contribution < -0.4 is 4.74 Å². The number of hydrogen-bond acceptors (Lipinski definition) is 3. The normalized spacial score (nSPS) is 10.9. The molecule has 0 bridgehead atoms. The summed E-state index contributed by atoms with van der Waals surface area (Å²) in [5.41, 5.74) is 2.44. The van der Waals surface area contributed by atoms with Crippen molar-refractivity contribution in [3.8, 4) is 22.9 Å². The quantitative estimate of drug-likeness (QED) is 0.766. The number of benzene rings is 2. The lowest BCUT2D eigenvalue weighted by Gasteiger charge is -2.06. The molecule has 4 nitrogen and oxygen atoms in total. The smallest absolute Gasteiger partial charge is 0.161 e. The lowest BCUT2D eigenvalue weighted by atomic mass is 10.2. The van der Waals surface area contributed by atoms with E-state index in [0.29, 0.717) is 23.2 Å². The van der Waals surface area contributed by atoms with E-state index < -0.39 is 0 Å². The molecule has 0 aliphatic rings. The highest BCUT2D eigenvalue weighted by Crippen LogP contribution is 2.32. The summed E-state index contributed by atoms with van der Waals surface area (Å²) in [6.45, 7) is 2.36. The molecule has 0 amide bonds. The minimum absolute atomic E-state index is 0.116. The van der Waals surface area contributed by atoms with Crippen LogP contribution in [0.25, 0.3) is 22.4 Å². The molecular formula is C15H13ClN2O2. The van der Waals surface area contributed by atoms with Gasteiger partial charge in [-0.3, -0.25) is 0 Å². The molecule has 2 aromatic carbocycles. The lowest BCUT2D eigenvalue weighted by Crippen LogP contribution is -1.92. The Morgan fingerprint density at radius 3 is 2.90 bits per heavy atom. The molecule has 3 rings (SSSR count). The molecule has 0 saturated heterocycles. The van der Waals surface area contributed by atoms with Crippen molar-refractivity contribution in [2.24, 2.45) is 0 Å². The number of phenolic OH excluding ortho intramolecular Hbond substituents is 1. The molecule has 2 N–H and O–H groups in total. The first-order valence-corrected chi connectivity index (χ1v) is 6.67. The first-order valence-electron chi connectivity index (χ1n) is 6.29. The molecule has 0 radical (unpaired) electrons. The van der Waals surface area contributed by atoms with Crippen molar-refractivity contribution in [2.45, 2.75) is 6.92 Å². The Balaban J connectivity index is 2.11. The summed E-state index contributed by atoms with van der Waals surface area (Å²) in [7, 11) is 0. The van der Waals surface area contributed by atoms with Crippen molar-refractivity contribution in [3.05, 3.63) is 41.4 Å². The number of aromatic hydroxyl groups is 1. The molecule has 1 heterocycles. The van der Waals surface area contributed by atoms with Crippen molar-refractivity contribution in [1.29, 1.82) is 0 Å². The molecule has 0 aliphatic carbocycles. The van der Waals surface area contributed by atoms with E-state index in [1.807, 2.05) is 19.1 Å². The van der Waals surface area contributed by atoms with Crippen LogP contribution in [0.4, 0.5) is 0 Å². The van der Waals surface area contributed by atoms with Crippen LogP contribution in [0.2, 0.25) is 5.02 Å². The van der Waals surface area contributed by atoms with Crippen LogP contribution in [0.1, 0.15) is 6.92 Å². The average molecular weight is 289 g/mol. The van der Waals surface area contributed by atoms with E-state index in [2.05, 4.69) is 9.97 Å². The van der Waals surface area contributed by atoms with E-state index in [0.717, 1.165) is 16.6 Å². The predicted molar refractivity (Wildman–Crippen MR) is 79.4 cm³/mol. The van der Waals surface area contributed by atoms with Crippen LogP contribution in [-0.4, -0.2) is 21.7 Å². The Morgan fingerprint density at radius 2 is 2.15 bits per heavy atom. The minimum Gasteiger partial charge on any atom is -0.504 e. The number of fused-ring (bicyclic) bond motifs is 1. The van der Waals surface area contributed by atoms with Gasteiger partial charge in [0.1, 0.15) is 11.3 Å². The zero-order valence-electron chi connectivity index (χ0n) is 10.9. The third kappa shape index (κ3) is 2.18. The zero-order valence-corrected chi connectivity index (χ0v) is 11.6. The number of aromatic amines is 1. The van der Waals surface area contributed by atoms with Crippen molar-refractivity contribution in [3.63, 3.8) is 0 Å². The fraction of sp³-hybridized carbons (Fsp3) is 0.133. The van der Waals surface area contributed by atoms with Crippen LogP contribution in [0.3, 0.4) is 0 Å². The Kier molecular flexibility index (Phi) is 3.24. The summed E-state index contributed by atoms with van der Waals surface area (Å²) in [4.78, 5) is 7.70. The maximum Gasteiger partial charge on any atom is 0.161 e. The molecule has 0 atom stereocenters. The summed E-state index contributed by atoms with van der Waals surface area (Å²) >= 11 is 6.12.